The van der Waals surface area contributed by atoms with Crippen molar-refractivity contribution in [2.24, 2.45) is 5.41 Å². The van der Waals surface area contributed by atoms with E-state index in [9.17, 15) is 9.59 Å². The molecule has 1 aromatic heterocycles. The molecule has 1 aromatic carbocycles. The third-order valence-electron chi connectivity index (χ3n) is 5.76. The van der Waals surface area contributed by atoms with Gasteiger partial charge in [0, 0.05) is 38.1 Å². The summed E-state index contributed by atoms with van der Waals surface area (Å²) >= 11 is 0. The second kappa shape index (κ2) is 12.0. The Balaban J connectivity index is 1.68. The van der Waals surface area contributed by atoms with Crippen molar-refractivity contribution < 1.29 is 18.7 Å². The molecule has 0 saturated carbocycles. The fraction of sp³-hybridized carbons (Fsp3) is 0.538. The molecule has 0 bridgehead atoms. The van der Waals surface area contributed by atoms with Gasteiger partial charge in [0.2, 0.25) is 11.8 Å². The lowest BCUT2D eigenvalue weighted by Gasteiger charge is -2.32. The summed E-state index contributed by atoms with van der Waals surface area (Å²) in [4.78, 5) is 32.5. The van der Waals surface area contributed by atoms with Gasteiger partial charge in [0.15, 0.2) is 0 Å². The van der Waals surface area contributed by atoms with E-state index in [1.807, 2.05) is 63.2 Å². The molecule has 2 heterocycles. The molecule has 180 valence electrons. The minimum absolute atomic E-state index is 0.00418. The van der Waals surface area contributed by atoms with Crippen LogP contribution in [0.5, 0.6) is 0 Å². The summed E-state index contributed by atoms with van der Waals surface area (Å²) in [5.41, 5.74) is 0.489. The Morgan fingerprint density at radius 1 is 0.970 bits per heavy atom. The van der Waals surface area contributed by atoms with Gasteiger partial charge < -0.3 is 19.0 Å². The van der Waals surface area contributed by atoms with Crippen molar-refractivity contribution in [1.82, 2.24) is 14.7 Å². The summed E-state index contributed by atoms with van der Waals surface area (Å²) < 4.78 is 10.9. The fourth-order valence-electron chi connectivity index (χ4n) is 3.93. The van der Waals surface area contributed by atoms with E-state index in [-0.39, 0.29) is 18.4 Å². The van der Waals surface area contributed by atoms with Crippen molar-refractivity contribution in [2.75, 3.05) is 45.9 Å². The molecule has 1 fully saturated rings. The van der Waals surface area contributed by atoms with Crippen molar-refractivity contribution in [1.29, 1.82) is 0 Å². The number of nitrogens with zero attached hydrogens (tertiary/aromatic N) is 3. The van der Waals surface area contributed by atoms with Crippen LogP contribution in [0, 0.1) is 5.41 Å². The number of morpholine rings is 1. The highest BCUT2D eigenvalue weighted by Gasteiger charge is 2.30. The number of furan rings is 1. The Hall–Kier alpha value is -2.64. The number of hydrogen-bond donors (Lipinski definition) is 0. The number of carbonyl (C=O) groups excluding carboxylic acids is 2. The second-order valence-corrected chi connectivity index (χ2v) is 9.60. The van der Waals surface area contributed by atoms with Gasteiger partial charge in [-0.3, -0.25) is 14.5 Å². The van der Waals surface area contributed by atoms with Gasteiger partial charge in [0.1, 0.15) is 5.76 Å². The maximum atomic E-state index is 13.4. The van der Waals surface area contributed by atoms with Crippen LogP contribution in [0.25, 0.3) is 0 Å². The van der Waals surface area contributed by atoms with Crippen LogP contribution in [-0.4, -0.2) is 72.5 Å². The largest absolute Gasteiger partial charge is 0.467 e. The van der Waals surface area contributed by atoms with E-state index in [4.69, 9.17) is 9.15 Å². The van der Waals surface area contributed by atoms with E-state index in [1.165, 1.54) is 0 Å². The number of rotatable bonds is 10. The first kappa shape index (κ1) is 25.0. The first-order chi connectivity index (χ1) is 15.8. The van der Waals surface area contributed by atoms with E-state index >= 15 is 0 Å². The fourth-order valence-corrected chi connectivity index (χ4v) is 3.93. The Kier molecular flexibility index (Phi) is 9.09. The van der Waals surface area contributed by atoms with Gasteiger partial charge in [0.05, 0.1) is 32.6 Å². The molecule has 0 unspecified atom stereocenters. The molecule has 1 aliphatic heterocycles. The quantitative estimate of drug-likeness (QED) is 0.549. The van der Waals surface area contributed by atoms with Crippen molar-refractivity contribution in [3.63, 3.8) is 0 Å². The molecule has 1 aliphatic rings. The molecule has 1 saturated heterocycles. The molecule has 0 aliphatic carbocycles. The lowest BCUT2D eigenvalue weighted by molar-refractivity contribution is -0.146. The molecular formula is C26H37N3O4. The zero-order valence-corrected chi connectivity index (χ0v) is 20.2. The summed E-state index contributed by atoms with van der Waals surface area (Å²) in [5, 5.41) is 0. The standard InChI is InChI=1S/C26H37N3O4/c1-26(2,3)25(31)28(13-8-12-27-14-17-32-18-15-27)21-24(30)29(20-23-11-7-16-33-23)19-22-9-5-4-6-10-22/h4-7,9-11,16H,8,12-15,17-21H2,1-3H3. The molecule has 0 spiro atoms. The minimum Gasteiger partial charge on any atom is -0.467 e. The van der Waals surface area contributed by atoms with Gasteiger partial charge in [-0.25, -0.2) is 0 Å². The molecule has 7 heteroatoms. The first-order valence-corrected chi connectivity index (χ1v) is 11.8. The van der Waals surface area contributed by atoms with Crippen molar-refractivity contribution in [3.8, 4) is 0 Å². The van der Waals surface area contributed by atoms with Crippen LogP contribution < -0.4 is 0 Å². The van der Waals surface area contributed by atoms with Crippen LogP contribution >= 0.6 is 0 Å². The van der Waals surface area contributed by atoms with Crippen LogP contribution in [-0.2, 0) is 27.4 Å². The van der Waals surface area contributed by atoms with E-state index in [1.54, 1.807) is 16.1 Å². The number of hydrogen-bond acceptors (Lipinski definition) is 5. The minimum atomic E-state index is -0.551. The number of amides is 2. The number of carbonyl (C=O) groups is 2. The van der Waals surface area contributed by atoms with Gasteiger partial charge >= 0.3 is 0 Å². The summed E-state index contributed by atoms with van der Waals surface area (Å²) in [6.07, 6.45) is 2.44. The summed E-state index contributed by atoms with van der Waals surface area (Å²) in [6, 6.07) is 13.6. The molecule has 0 N–H and O–H groups in total. The van der Waals surface area contributed by atoms with Crippen LogP contribution in [0.4, 0.5) is 0 Å². The van der Waals surface area contributed by atoms with Gasteiger partial charge in [0.25, 0.3) is 0 Å². The van der Waals surface area contributed by atoms with Crippen molar-refractivity contribution in [2.45, 2.75) is 40.3 Å². The molecule has 33 heavy (non-hydrogen) atoms. The van der Waals surface area contributed by atoms with Crippen LogP contribution in [0.2, 0.25) is 0 Å². The Morgan fingerprint density at radius 2 is 1.70 bits per heavy atom. The van der Waals surface area contributed by atoms with E-state index in [0.717, 1.165) is 50.6 Å². The Labute approximate surface area is 197 Å². The molecule has 3 rings (SSSR count). The smallest absolute Gasteiger partial charge is 0.242 e. The second-order valence-electron chi connectivity index (χ2n) is 9.60. The highest BCUT2D eigenvalue weighted by atomic mass is 16.5. The van der Waals surface area contributed by atoms with Crippen LogP contribution in [0.15, 0.2) is 53.1 Å². The molecule has 0 radical (unpaired) electrons. The predicted molar refractivity (Wildman–Crippen MR) is 127 cm³/mol. The van der Waals surface area contributed by atoms with Gasteiger partial charge in [-0.1, -0.05) is 51.1 Å². The number of benzene rings is 1. The van der Waals surface area contributed by atoms with E-state index in [0.29, 0.717) is 19.6 Å². The predicted octanol–water partition coefficient (Wildman–Crippen LogP) is 3.41. The molecule has 0 atom stereocenters. The van der Waals surface area contributed by atoms with Gasteiger partial charge in [-0.15, -0.1) is 0 Å². The maximum absolute atomic E-state index is 13.4. The van der Waals surface area contributed by atoms with E-state index in [2.05, 4.69) is 4.90 Å². The third kappa shape index (κ3) is 8.02. The summed E-state index contributed by atoms with van der Waals surface area (Å²) in [7, 11) is 0. The van der Waals surface area contributed by atoms with E-state index < -0.39 is 5.41 Å². The van der Waals surface area contributed by atoms with Crippen molar-refractivity contribution in [3.05, 3.63) is 60.1 Å². The zero-order valence-electron chi connectivity index (χ0n) is 20.2. The Morgan fingerprint density at radius 3 is 2.33 bits per heavy atom. The van der Waals surface area contributed by atoms with Crippen LogP contribution in [0.3, 0.4) is 0 Å². The van der Waals surface area contributed by atoms with Gasteiger partial charge in [-0.2, -0.15) is 0 Å². The highest BCUT2D eigenvalue weighted by Crippen LogP contribution is 2.19. The zero-order chi connectivity index (χ0) is 23.7. The molecule has 2 amide bonds. The average Bonchev–Trinajstić information content (AvgIpc) is 3.31. The monoisotopic (exact) mass is 455 g/mol. The molecule has 2 aromatic rings. The lowest BCUT2D eigenvalue weighted by atomic mass is 9.94. The number of ether oxygens (including phenoxy) is 1. The lowest BCUT2D eigenvalue weighted by Crippen LogP contribution is -2.47. The summed E-state index contributed by atoms with van der Waals surface area (Å²) in [6.45, 7) is 11.4. The molecule has 7 nitrogen and oxygen atoms in total. The Bertz CT molecular complexity index is 855. The normalized spacial score (nSPS) is 14.8. The van der Waals surface area contributed by atoms with Crippen LogP contribution in [0.1, 0.15) is 38.5 Å². The summed E-state index contributed by atoms with van der Waals surface area (Å²) in [5.74, 6) is 0.634. The average molecular weight is 456 g/mol. The van der Waals surface area contributed by atoms with Crippen molar-refractivity contribution >= 4 is 11.8 Å². The first-order valence-electron chi connectivity index (χ1n) is 11.8. The topological polar surface area (TPSA) is 66.2 Å². The van der Waals surface area contributed by atoms with Gasteiger partial charge in [-0.05, 0) is 24.1 Å². The SMILES string of the molecule is CC(C)(C)C(=O)N(CCCN1CCOCC1)CC(=O)N(Cc1ccccc1)Cc1ccco1. The maximum Gasteiger partial charge on any atom is 0.242 e. The molecular weight excluding hydrogens is 418 g/mol. The highest BCUT2D eigenvalue weighted by molar-refractivity contribution is 5.87. The third-order valence-corrected chi connectivity index (χ3v) is 5.76.